The Hall–Kier alpha value is -2.08. The fraction of sp³-hybridized carbons (Fsp3) is 0.455. The molecule has 1 atom stereocenters. The van der Waals surface area contributed by atoms with Gasteiger partial charge >= 0.3 is 0 Å². The predicted molar refractivity (Wildman–Crippen MR) is 107 cm³/mol. The standard InChI is InChI=1S/C22H30N2O3/c1-18-4-3-5-19(14-18)15-23-10-12-24(13-11-23)16-20(25)17-27-22-8-6-21(26-2)7-9-22/h3-9,14,20,25H,10-13,15-17H2,1-2H3. The molecule has 2 aromatic carbocycles. The van der Waals surface area contributed by atoms with Crippen LogP contribution in [0.3, 0.4) is 0 Å². The summed E-state index contributed by atoms with van der Waals surface area (Å²) in [6, 6.07) is 16.1. The fourth-order valence-corrected chi connectivity index (χ4v) is 3.41. The first kappa shape index (κ1) is 19.7. The van der Waals surface area contributed by atoms with E-state index in [1.807, 2.05) is 24.3 Å². The lowest BCUT2D eigenvalue weighted by Gasteiger charge is -2.35. The normalized spacial score (nSPS) is 16.9. The number of nitrogens with zero attached hydrogens (tertiary/aromatic N) is 2. The number of hydrogen-bond acceptors (Lipinski definition) is 5. The average Bonchev–Trinajstić information content (AvgIpc) is 2.68. The Morgan fingerprint density at radius 2 is 1.63 bits per heavy atom. The molecular weight excluding hydrogens is 340 g/mol. The Labute approximate surface area is 162 Å². The van der Waals surface area contributed by atoms with E-state index in [0.717, 1.165) is 44.2 Å². The molecule has 5 nitrogen and oxygen atoms in total. The SMILES string of the molecule is COc1ccc(OCC(O)CN2CCN(Cc3cccc(C)c3)CC2)cc1. The van der Waals surface area contributed by atoms with E-state index in [1.54, 1.807) is 7.11 Å². The van der Waals surface area contributed by atoms with Gasteiger partial charge in [0.05, 0.1) is 7.11 Å². The highest BCUT2D eigenvalue weighted by Crippen LogP contribution is 2.17. The quantitative estimate of drug-likeness (QED) is 0.774. The van der Waals surface area contributed by atoms with E-state index in [9.17, 15) is 5.11 Å². The number of ether oxygens (including phenoxy) is 2. The molecule has 1 aliphatic heterocycles. The van der Waals surface area contributed by atoms with E-state index in [2.05, 4.69) is 41.0 Å². The van der Waals surface area contributed by atoms with Gasteiger partial charge in [0.1, 0.15) is 24.2 Å². The van der Waals surface area contributed by atoms with Crippen molar-refractivity contribution in [2.45, 2.75) is 19.6 Å². The van der Waals surface area contributed by atoms with Crippen LogP contribution in [0, 0.1) is 6.92 Å². The average molecular weight is 370 g/mol. The summed E-state index contributed by atoms with van der Waals surface area (Å²) in [4.78, 5) is 4.79. The Balaban J connectivity index is 1.36. The summed E-state index contributed by atoms with van der Waals surface area (Å²) in [5, 5.41) is 10.3. The van der Waals surface area contributed by atoms with Gasteiger partial charge < -0.3 is 14.6 Å². The van der Waals surface area contributed by atoms with Crippen molar-refractivity contribution in [1.29, 1.82) is 0 Å². The maximum absolute atomic E-state index is 10.3. The molecule has 5 heteroatoms. The third-order valence-corrected chi connectivity index (χ3v) is 4.92. The number of aryl methyl sites for hydroxylation is 1. The number of aliphatic hydroxyl groups excluding tert-OH is 1. The van der Waals surface area contributed by atoms with Gasteiger partial charge in [-0.25, -0.2) is 0 Å². The molecule has 0 bridgehead atoms. The highest BCUT2D eigenvalue weighted by molar-refractivity contribution is 5.31. The smallest absolute Gasteiger partial charge is 0.119 e. The molecule has 1 unspecified atom stereocenters. The van der Waals surface area contributed by atoms with Crippen molar-refractivity contribution < 1.29 is 14.6 Å². The number of hydrogen-bond donors (Lipinski definition) is 1. The van der Waals surface area contributed by atoms with Crippen molar-refractivity contribution in [3.05, 3.63) is 59.7 Å². The van der Waals surface area contributed by atoms with E-state index in [0.29, 0.717) is 13.2 Å². The van der Waals surface area contributed by atoms with Crippen LogP contribution in [0.4, 0.5) is 0 Å². The first-order valence-corrected chi connectivity index (χ1v) is 9.57. The van der Waals surface area contributed by atoms with Crippen LogP contribution in [-0.2, 0) is 6.54 Å². The fourth-order valence-electron chi connectivity index (χ4n) is 3.41. The number of rotatable bonds is 8. The number of aliphatic hydroxyl groups is 1. The van der Waals surface area contributed by atoms with Gasteiger partial charge in [-0.05, 0) is 36.8 Å². The first-order valence-electron chi connectivity index (χ1n) is 9.57. The van der Waals surface area contributed by atoms with E-state index in [4.69, 9.17) is 9.47 Å². The molecule has 27 heavy (non-hydrogen) atoms. The van der Waals surface area contributed by atoms with Crippen LogP contribution < -0.4 is 9.47 Å². The summed E-state index contributed by atoms with van der Waals surface area (Å²) in [7, 11) is 1.64. The Bertz CT molecular complexity index is 697. The molecule has 1 N–H and O–H groups in total. The molecule has 0 saturated carbocycles. The van der Waals surface area contributed by atoms with Gasteiger partial charge in [-0.15, -0.1) is 0 Å². The molecule has 0 amide bonds. The largest absolute Gasteiger partial charge is 0.497 e. The second-order valence-electron chi connectivity index (χ2n) is 7.21. The number of β-amino-alcohol motifs (C(OH)–C–C–N with tert-alkyl or cyclic N) is 1. The van der Waals surface area contributed by atoms with Crippen molar-refractivity contribution in [3.63, 3.8) is 0 Å². The zero-order valence-corrected chi connectivity index (χ0v) is 16.3. The summed E-state index contributed by atoms with van der Waals surface area (Å²) >= 11 is 0. The minimum absolute atomic E-state index is 0.301. The number of methoxy groups -OCH3 is 1. The van der Waals surface area contributed by atoms with Crippen molar-refractivity contribution in [3.8, 4) is 11.5 Å². The predicted octanol–water partition coefficient (Wildman–Crippen LogP) is 2.56. The molecule has 1 saturated heterocycles. The summed E-state index contributed by atoms with van der Waals surface area (Å²) in [6.45, 7) is 8.09. The molecule has 1 aliphatic rings. The monoisotopic (exact) mass is 370 g/mol. The molecule has 3 rings (SSSR count). The molecular formula is C22H30N2O3. The maximum Gasteiger partial charge on any atom is 0.119 e. The zero-order valence-electron chi connectivity index (χ0n) is 16.3. The third kappa shape index (κ3) is 6.24. The lowest BCUT2D eigenvalue weighted by molar-refractivity contribution is 0.0446. The van der Waals surface area contributed by atoms with E-state index < -0.39 is 6.10 Å². The summed E-state index contributed by atoms with van der Waals surface area (Å²) < 4.78 is 10.8. The lowest BCUT2D eigenvalue weighted by atomic mass is 10.1. The van der Waals surface area contributed by atoms with Crippen LogP contribution in [0.2, 0.25) is 0 Å². The highest BCUT2D eigenvalue weighted by atomic mass is 16.5. The van der Waals surface area contributed by atoms with Gasteiger partial charge in [-0.3, -0.25) is 9.80 Å². The van der Waals surface area contributed by atoms with E-state index in [-0.39, 0.29) is 0 Å². The van der Waals surface area contributed by atoms with E-state index >= 15 is 0 Å². The number of benzene rings is 2. The molecule has 1 fully saturated rings. The minimum atomic E-state index is -0.490. The molecule has 0 aliphatic carbocycles. The number of piperazine rings is 1. The maximum atomic E-state index is 10.3. The Morgan fingerprint density at radius 3 is 2.30 bits per heavy atom. The zero-order chi connectivity index (χ0) is 19.1. The van der Waals surface area contributed by atoms with Crippen molar-refractivity contribution in [1.82, 2.24) is 9.80 Å². The second kappa shape index (κ2) is 9.74. The summed E-state index contributed by atoms with van der Waals surface area (Å²) in [5.74, 6) is 1.55. The minimum Gasteiger partial charge on any atom is -0.497 e. The van der Waals surface area contributed by atoms with Crippen molar-refractivity contribution >= 4 is 0 Å². The van der Waals surface area contributed by atoms with Gasteiger partial charge in [0.15, 0.2) is 0 Å². The molecule has 0 aromatic heterocycles. The Morgan fingerprint density at radius 1 is 0.963 bits per heavy atom. The Kier molecular flexibility index (Phi) is 7.10. The van der Waals surface area contributed by atoms with Gasteiger partial charge in [-0.1, -0.05) is 29.8 Å². The molecule has 1 heterocycles. The molecule has 0 radical (unpaired) electrons. The van der Waals surface area contributed by atoms with Crippen LogP contribution in [0.5, 0.6) is 11.5 Å². The van der Waals surface area contributed by atoms with Crippen LogP contribution in [0.1, 0.15) is 11.1 Å². The van der Waals surface area contributed by atoms with Crippen LogP contribution in [0.15, 0.2) is 48.5 Å². The summed E-state index contributed by atoms with van der Waals surface area (Å²) in [6.07, 6.45) is -0.490. The van der Waals surface area contributed by atoms with Crippen molar-refractivity contribution in [2.24, 2.45) is 0 Å². The van der Waals surface area contributed by atoms with Crippen LogP contribution in [0.25, 0.3) is 0 Å². The molecule has 2 aromatic rings. The topological polar surface area (TPSA) is 45.2 Å². The molecule has 146 valence electrons. The van der Waals surface area contributed by atoms with Crippen LogP contribution >= 0.6 is 0 Å². The molecule has 0 spiro atoms. The van der Waals surface area contributed by atoms with Gasteiger partial charge in [0.2, 0.25) is 0 Å². The third-order valence-electron chi connectivity index (χ3n) is 4.92. The van der Waals surface area contributed by atoms with Gasteiger partial charge in [0, 0.05) is 39.3 Å². The van der Waals surface area contributed by atoms with Crippen molar-refractivity contribution in [2.75, 3.05) is 46.4 Å². The lowest BCUT2D eigenvalue weighted by Crippen LogP contribution is -2.48. The first-order chi connectivity index (χ1) is 13.1. The second-order valence-corrected chi connectivity index (χ2v) is 7.21. The van der Waals surface area contributed by atoms with Gasteiger partial charge in [-0.2, -0.15) is 0 Å². The van der Waals surface area contributed by atoms with E-state index in [1.165, 1.54) is 11.1 Å². The van der Waals surface area contributed by atoms with Gasteiger partial charge in [0.25, 0.3) is 0 Å². The highest BCUT2D eigenvalue weighted by Gasteiger charge is 2.19. The summed E-state index contributed by atoms with van der Waals surface area (Å²) in [5.41, 5.74) is 2.68. The van der Waals surface area contributed by atoms with Crippen LogP contribution in [-0.4, -0.2) is 67.5 Å².